The third-order valence-electron chi connectivity index (χ3n) is 1.88. The van der Waals surface area contributed by atoms with Crippen molar-refractivity contribution in [2.75, 3.05) is 7.05 Å². The summed E-state index contributed by atoms with van der Waals surface area (Å²) in [6, 6.07) is 5.94. The Labute approximate surface area is 93.5 Å². The van der Waals surface area contributed by atoms with Gasteiger partial charge in [0.2, 0.25) is 10.0 Å². The van der Waals surface area contributed by atoms with Crippen LogP contribution < -0.4 is 10.5 Å². The molecule has 0 unspecified atom stereocenters. The first kappa shape index (κ1) is 12.5. The van der Waals surface area contributed by atoms with Crippen molar-refractivity contribution in [1.29, 1.82) is 0 Å². The van der Waals surface area contributed by atoms with E-state index in [4.69, 9.17) is 5.73 Å². The standard InChI is InChI=1S/C9H12N2O4S/c1-11-16(13,14)8-4-2-7(3-5-8)6-15-9(10)12/h2-5,11H,6H2,1H3,(H2,10,12). The van der Waals surface area contributed by atoms with Gasteiger partial charge < -0.3 is 10.5 Å². The van der Waals surface area contributed by atoms with Crippen LogP contribution in [0.5, 0.6) is 0 Å². The summed E-state index contributed by atoms with van der Waals surface area (Å²) in [4.78, 5) is 10.5. The zero-order chi connectivity index (χ0) is 12.2. The Kier molecular flexibility index (Phi) is 3.86. The van der Waals surface area contributed by atoms with E-state index in [1.165, 1.54) is 19.2 Å². The van der Waals surface area contributed by atoms with Gasteiger partial charge in [-0.15, -0.1) is 0 Å². The maximum absolute atomic E-state index is 11.4. The highest BCUT2D eigenvalue weighted by molar-refractivity contribution is 7.89. The Balaban J connectivity index is 2.80. The van der Waals surface area contributed by atoms with Crippen LogP contribution in [0, 0.1) is 0 Å². The molecule has 1 amide bonds. The van der Waals surface area contributed by atoms with Crippen molar-refractivity contribution in [1.82, 2.24) is 4.72 Å². The average molecular weight is 244 g/mol. The van der Waals surface area contributed by atoms with Crippen molar-refractivity contribution in [3.63, 3.8) is 0 Å². The van der Waals surface area contributed by atoms with Crippen LogP contribution in [0.1, 0.15) is 5.56 Å². The molecule has 0 saturated heterocycles. The minimum atomic E-state index is -3.43. The van der Waals surface area contributed by atoms with E-state index in [2.05, 4.69) is 9.46 Å². The fourth-order valence-corrected chi connectivity index (χ4v) is 1.77. The Bertz CT molecular complexity index is 467. The number of primary amides is 1. The number of nitrogens with two attached hydrogens (primary N) is 1. The van der Waals surface area contributed by atoms with Gasteiger partial charge >= 0.3 is 6.09 Å². The summed E-state index contributed by atoms with van der Waals surface area (Å²) in [5, 5.41) is 0. The number of ether oxygens (including phenoxy) is 1. The Morgan fingerprint density at radius 1 is 1.38 bits per heavy atom. The van der Waals surface area contributed by atoms with Crippen LogP contribution in [0.2, 0.25) is 0 Å². The van der Waals surface area contributed by atoms with Gasteiger partial charge in [0.15, 0.2) is 0 Å². The van der Waals surface area contributed by atoms with Crippen molar-refractivity contribution in [2.24, 2.45) is 5.73 Å². The Morgan fingerprint density at radius 3 is 2.38 bits per heavy atom. The first-order valence-corrected chi connectivity index (χ1v) is 5.89. The molecule has 1 rings (SSSR count). The number of hydrogen-bond donors (Lipinski definition) is 2. The van der Waals surface area contributed by atoms with E-state index in [1.807, 2.05) is 0 Å². The molecular weight excluding hydrogens is 232 g/mol. The van der Waals surface area contributed by atoms with E-state index in [9.17, 15) is 13.2 Å². The lowest BCUT2D eigenvalue weighted by Crippen LogP contribution is -2.18. The first-order chi connectivity index (χ1) is 7.45. The number of amides is 1. The number of benzene rings is 1. The molecule has 0 aliphatic carbocycles. The lowest BCUT2D eigenvalue weighted by atomic mass is 10.2. The molecule has 0 bridgehead atoms. The van der Waals surface area contributed by atoms with E-state index in [0.717, 1.165) is 0 Å². The van der Waals surface area contributed by atoms with Crippen LogP contribution in [0.15, 0.2) is 29.2 Å². The molecule has 6 nitrogen and oxygen atoms in total. The van der Waals surface area contributed by atoms with E-state index in [0.29, 0.717) is 5.56 Å². The number of carbonyl (C=O) groups is 1. The summed E-state index contributed by atoms with van der Waals surface area (Å²) in [5.41, 5.74) is 5.45. The fourth-order valence-electron chi connectivity index (χ4n) is 1.04. The molecule has 7 heteroatoms. The van der Waals surface area contributed by atoms with E-state index >= 15 is 0 Å². The molecule has 1 aromatic carbocycles. The number of rotatable bonds is 4. The monoisotopic (exact) mass is 244 g/mol. The van der Waals surface area contributed by atoms with E-state index < -0.39 is 16.1 Å². The predicted octanol–water partition coefficient (Wildman–Crippen LogP) is 0.190. The molecule has 0 fully saturated rings. The molecule has 0 aliphatic rings. The van der Waals surface area contributed by atoms with Crippen LogP contribution >= 0.6 is 0 Å². The van der Waals surface area contributed by atoms with Gasteiger partial charge in [-0.2, -0.15) is 0 Å². The van der Waals surface area contributed by atoms with Gasteiger partial charge in [0.1, 0.15) is 6.61 Å². The van der Waals surface area contributed by atoms with Gasteiger partial charge in [-0.3, -0.25) is 0 Å². The van der Waals surface area contributed by atoms with Crippen LogP contribution in [-0.4, -0.2) is 21.6 Å². The van der Waals surface area contributed by atoms with Gasteiger partial charge in [-0.05, 0) is 24.7 Å². The summed E-state index contributed by atoms with van der Waals surface area (Å²) in [5.74, 6) is 0. The van der Waals surface area contributed by atoms with E-state index in [-0.39, 0.29) is 11.5 Å². The molecule has 16 heavy (non-hydrogen) atoms. The van der Waals surface area contributed by atoms with Gasteiger partial charge in [-0.1, -0.05) is 12.1 Å². The summed E-state index contributed by atoms with van der Waals surface area (Å²) in [7, 11) is -2.10. The van der Waals surface area contributed by atoms with Crippen molar-refractivity contribution in [3.8, 4) is 0 Å². The quantitative estimate of drug-likeness (QED) is 0.789. The Morgan fingerprint density at radius 2 is 1.94 bits per heavy atom. The fraction of sp³-hybridized carbons (Fsp3) is 0.222. The minimum Gasteiger partial charge on any atom is -0.445 e. The second-order valence-electron chi connectivity index (χ2n) is 2.96. The zero-order valence-corrected chi connectivity index (χ0v) is 9.45. The highest BCUT2D eigenvalue weighted by Gasteiger charge is 2.10. The lowest BCUT2D eigenvalue weighted by Gasteiger charge is -2.04. The van der Waals surface area contributed by atoms with Crippen molar-refractivity contribution < 1.29 is 17.9 Å². The van der Waals surface area contributed by atoms with Crippen LogP contribution in [-0.2, 0) is 21.4 Å². The summed E-state index contributed by atoms with van der Waals surface area (Å²) in [6.45, 7) is 0.0230. The summed E-state index contributed by atoms with van der Waals surface area (Å²) >= 11 is 0. The molecule has 3 N–H and O–H groups in total. The highest BCUT2D eigenvalue weighted by Crippen LogP contribution is 2.10. The van der Waals surface area contributed by atoms with Crippen LogP contribution in [0.3, 0.4) is 0 Å². The molecule has 0 heterocycles. The Hall–Kier alpha value is -1.60. The topological polar surface area (TPSA) is 98.5 Å². The van der Waals surface area contributed by atoms with Gasteiger partial charge in [0, 0.05) is 0 Å². The molecule has 0 aromatic heterocycles. The van der Waals surface area contributed by atoms with Crippen molar-refractivity contribution in [2.45, 2.75) is 11.5 Å². The first-order valence-electron chi connectivity index (χ1n) is 4.40. The molecular formula is C9H12N2O4S. The minimum absolute atomic E-state index is 0.0230. The smallest absolute Gasteiger partial charge is 0.404 e. The molecule has 0 aliphatic heterocycles. The zero-order valence-electron chi connectivity index (χ0n) is 8.64. The molecule has 88 valence electrons. The number of sulfonamides is 1. The second kappa shape index (κ2) is 4.95. The maximum Gasteiger partial charge on any atom is 0.404 e. The lowest BCUT2D eigenvalue weighted by molar-refractivity contribution is 0.150. The van der Waals surface area contributed by atoms with Crippen LogP contribution in [0.25, 0.3) is 0 Å². The second-order valence-corrected chi connectivity index (χ2v) is 4.85. The van der Waals surface area contributed by atoms with Crippen molar-refractivity contribution in [3.05, 3.63) is 29.8 Å². The van der Waals surface area contributed by atoms with Gasteiger partial charge in [0.25, 0.3) is 0 Å². The molecule has 0 radical (unpaired) electrons. The predicted molar refractivity (Wildman–Crippen MR) is 57.1 cm³/mol. The van der Waals surface area contributed by atoms with E-state index in [1.54, 1.807) is 12.1 Å². The van der Waals surface area contributed by atoms with Crippen LogP contribution in [0.4, 0.5) is 4.79 Å². The highest BCUT2D eigenvalue weighted by atomic mass is 32.2. The third-order valence-corrected chi connectivity index (χ3v) is 3.31. The van der Waals surface area contributed by atoms with Gasteiger partial charge in [0.05, 0.1) is 4.90 Å². The number of hydrogen-bond acceptors (Lipinski definition) is 4. The normalized spacial score (nSPS) is 11.1. The summed E-state index contributed by atoms with van der Waals surface area (Å²) < 4.78 is 29.5. The molecule has 0 saturated carbocycles. The maximum atomic E-state index is 11.4. The average Bonchev–Trinajstić information content (AvgIpc) is 2.27. The summed E-state index contributed by atoms with van der Waals surface area (Å²) in [6.07, 6.45) is -0.869. The molecule has 1 aromatic rings. The van der Waals surface area contributed by atoms with Gasteiger partial charge in [-0.25, -0.2) is 17.9 Å². The third kappa shape index (κ3) is 3.21. The molecule has 0 spiro atoms. The number of carbonyl (C=O) groups excluding carboxylic acids is 1. The number of nitrogens with one attached hydrogen (secondary N) is 1. The van der Waals surface area contributed by atoms with Crippen molar-refractivity contribution >= 4 is 16.1 Å². The molecule has 0 atom stereocenters. The SMILES string of the molecule is CNS(=O)(=O)c1ccc(COC(N)=O)cc1. The largest absolute Gasteiger partial charge is 0.445 e.